The van der Waals surface area contributed by atoms with Gasteiger partial charge in [0.25, 0.3) is 5.91 Å². The Kier molecular flexibility index (Phi) is 6.46. The Morgan fingerprint density at radius 3 is 2.41 bits per heavy atom. The Bertz CT molecular complexity index is 905. The van der Waals surface area contributed by atoms with Gasteiger partial charge in [-0.05, 0) is 48.5 Å². The fourth-order valence-corrected chi connectivity index (χ4v) is 3.15. The normalized spacial score (nSPS) is 16.4. The van der Waals surface area contributed by atoms with Crippen molar-refractivity contribution in [1.29, 1.82) is 0 Å². The predicted octanol–water partition coefficient (Wildman–Crippen LogP) is 3.29. The maximum atomic E-state index is 13.2. The van der Waals surface area contributed by atoms with Crippen molar-refractivity contribution in [2.75, 3.05) is 30.5 Å². The quantitative estimate of drug-likeness (QED) is 0.698. The smallest absolute Gasteiger partial charge is 0.332 e. The van der Waals surface area contributed by atoms with Crippen molar-refractivity contribution in [3.63, 3.8) is 0 Å². The maximum Gasteiger partial charge on any atom is 0.332 e. The molecule has 0 aliphatic carbocycles. The molecule has 4 amide bonds. The fourth-order valence-electron chi connectivity index (χ4n) is 3.03. The molecule has 2 aromatic rings. The van der Waals surface area contributed by atoms with Crippen LogP contribution < -0.4 is 10.2 Å². The molecule has 2 aromatic carbocycles. The number of imide groups is 1. The lowest BCUT2D eigenvalue weighted by atomic mass is 10.1. The van der Waals surface area contributed by atoms with Gasteiger partial charge in [0.2, 0.25) is 5.91 Å². The van der Waals surface area contributed by atoms with Crippen LogP contribution in [-0.4, -0.2) is 49.0 Å². The summed E-state index contributed by atoms with van der Waals surface area (Å²) in [5, 5.41) is 3.21. The second-order valence-corrected chi connectivity index (χ2v) is 6.83. The summed E-state index contributed by atoms with van der Waals surface area (Å²) in [6.07, 6.45) is -0.228. The number of amides is 4. The third-order valence-corrected chi connectivity index (χ3v) is 4.70. The molecule has 1 aliphatic rings. The van der Waals surface area contributed by atoms with E-state index in [0.29, 0.717) is 10.7 Å². The lowest BCUT2D eigenvalue weighted by molar-refractivity contribution is -0.124. The van der Waals surface area contributed by atoms with Crippen LogP contribution in [0, 0.1) is 5.82 Å². The molecule has 3 rings (SSSR count). The summed E-state index contributed by atoms with van der Waals surface area (Å²) in [7, 11) is 1.47. The molecule has 1 unspecified atom stereocenters. The Hall–Kier alpha value is -2.97. The summed E-state index contributed by atoms with van der Waals surface area (Å²) in [5.41, 5.74) is 0.763. The van der Waals surface area contributed by atoms with Crippen molar-refractivity contribution in [2.45, 2.75) is 12.5 Å². The molecule has 152 valence electrons. The first kappa shape index (κ1) is 20.8. The molecule has 1 fully saturated rings. The first-order valence-corrected chi connectivity index (χ1v) is 9.23. The number of nitrogens with one attached hydrogen (secondary N) is 1. The molecular weight excluding hydrogens is 401 g/mol. The van der Waals surface area contributed by atoms with Crippen molar-refractivity contribution in [1.82, 2.24) is 4.90 Å². The number of anilines is 2. The van der Waals surface area contributed by atoms with Gasteiger partial charge < -0.3 is 15.0 Å². The molecule has 1 atom stereocenters. The zero-order chi connectivity index (χ0) is 21.0. The molecule has 0 radical (unpaired) electrons. The van der Waals surface area contributed by atoms with Crippen molar-refractivity contribution in [3.05, 3.63) is 59.4 Å². The van der Waals surface area contributed by atoms with Crippen LogP contribution in [0.15, 0.2) is 48.5 Å². The van der Waals surface area contributed by atoms with Crippen LogP contribution >= 0.6 is 11.6 Å². The van der Waals surface area contributed by atoms with Gasteiger partial charge in [0.15, 0.2) is 0 Å². The molecule has 9 heteroatoms. The van der Waals surface area contributed by atoms with E-state index in [9.17, 15) is 18.8 Å². The van der Waals surface area contributed by atoms with E-state index in [1.807, 2.05) is 0 Å². The molecular formula is C20H19ClFN3O4. The first-order chi connectivity index (χ1) is 13.9. The second kappa shape index (κ2) is 9.02. The lowest BCUT2D eigenvalue weighted by Crippen LogP contribution is -2.39. The summed E-state index contributed by atoms with van der Waals surface area (Å²) in [6.45, 7) is 0.337. The van der Waals surface area contributed by atoms with Crippen molar-refractivity contribution >= 4 is 40.8 Å². The number of hydrogen-bond acceptors (Lipinski definition) is 4. The highest BCUT2D eigenvalue weighted by molar-refractivity contribution is 6.30. The van der Waals surface area contributed by atoms with E-state index >= 15 is 0 Å². The monoisotopic (exact) mass is 419 g/mol. The maximum absolute atomic E-state index is 13.2. The first-order valence-electron chi connectivity index (χ1n) is 8.85. The minimum atomic E-state index is -0.991. The van der Waals surface area contributed by atoms with E-state index < -0.39 is 29.7 Å². The van der Waals surface area contributed by atoms with Crippen LogP contribution in [0.1, 0.15) is 6.42 Å². The Balaban J connectivity index is 1.79. The molecule has 1 saturated heterocycles. The van der Waals surface area contributed by atoms with Gasteiger partial charge in [-0.2, -0.15) is 0 Å². The average molecular weight is 420 g/mol. The number of halogens is 2. The zero-order valence-electron chi connectivity index (χ0n) is 15.6. The Labute approximate surface area is 172 Å². The van der Waals surface area contributed by atoms with Crippen LogP contribution in [0.25, 0.3) is 0 Å². The standard InChI is InChI=1S/C20H19ClFN3O4/c1-29-11-10-24-17(12-18(26)23-15-6-2-13(21)3-7-15)19(27)25(20(24)28)16-8-4-14(22)5-9-16/h2-9,17H,10-12H2,1H3,(H,23,26). The van der Waals surface area contributed by atoms with E-state index in [4.69, 9.17) is 16.3 Å². The number of carbonyl (C=O) groups excluding carboxylic acids is 3. The molecule has 0 spiro atoms. The highest BCUT2D eigenvalue weighted by atomic mass is 35.5. The van der Waals surface area contributed by atoms with Crippen molar-refractivity contribution in [3.8, 4) is 0 Å². The minimum Gasteiger partial charge on any atom is -0.383 e. The zero-order valence-corrected chi connectivity index (χ0v) is 16.4. The Morgan fingerprint density at radius 1 is 1.14 bits per heavy atom. The van der Waals surface area contributed by atoms with Crippen LogP contribution in [0.2, 0.25) is 5.02 Å². The molecule has 0 bridgehead atoms. The predicted molar refractivity (Wildman–Crippen MR) is 106 cm³/mol. The molecule has 0 saturated carbocycles. The summed E-state index contributed by atoms with van der Waals surface area (Å²) >= 11 is 5.83. The van der Waals surface area contributed by atoms with E-state index in [-0.39, 0.29) is 25.3 Å². The fraction of sp³-hybridized carbons (Fsp3) is 0.250. The van der Waals surface area contributed by atoms with Crippen LogP contribution in [0.4, 0.5) is 20.6 Å². The van der Waals surface area contributed by atoms with Crippen LogP contribution in [0.5, 0.6) is 0 Å². The summed E-state index contributed by atoms with van der Waals surface area (Å²) in [6, 6.07) is 9.96. The number of nitrogens with zero attached hydrogens (tertiary/aromatic N) is 2. The average Bonchev–Trinajstić information content (AvgIpc) is 2.92. The number of rotatable bonds is 7. The topological polar surface area (TPSA) is 79.0 Å². The van der Waals surface area contributed by atoms with Gasteiger partial charge >= 0.3 is 6.03 Å². The largest absolute Gasteiger partial charge is 0.383 e. The number of urea groups is 1. The molecule has 7 nitrogen and oxygen atoms in total. The van der Waals surface area contributed by atoms with E-state index in [1.165, 1.54) is 24.1 Å². The van der Waals surface area contributed by atoms with Crippen molar-refractivity contribution in [2.24, 2.45) is 0 Å². The number of ether oxygens (including phenoxy) is 1. The molecule has 0 aromatic heterocycles. The summed E-state index contributed by atoms with van der Waals surface area (Å²) in [5.74, 6) is -1.46. The molecule has 1 heterocycles. The van der Waals surface area contributed by atoms with Crippen molar-refractivity contribution < 1.29 is 23.5 Å². The third kappa shape index (κ3) is 4.72. The SMILES string of the molecule is COCCN1C(=O)N(c2ccc(F)cc2)C(=O)C1CC(=O)Nc1ccc(Cl)cc1. The highest BCUT2D eigenvalue weighted by Crippen LogP contribution is 2.27. The van der Waals surface area contributed by atoms with Gasteiger partial charge in [-0.25, -0.2) is 14.1 Å². The van der Waals surface area contributed by atoms with E-state index in [0.717, 1.165) is 17.0 Å². The lowest BCUT2D eigenvalue weighted by Gasteiger charge is -2.21. The van der Waals surface area contributed by atoms with Gasteiger partial charge in [-0.15, -0.1) is 0 Å². The molecule has 1 aliphatic heterocycles. The summed E-state index contributed by atoms with van der Waals surface area (Å²) < 4.78 is 18.2. The number of benzene rings is 2. The van der Waals surface area contributed by atoms with Crippen LogP contribution in [0.3, 0.4) is 0 Å². The minimum absolute atomic E-state index is 0.137. The molecule has 1 N–H and O–H groups in total. The second-order valence-electron chi connectivity index (χ2n) is 6.39. The Morgan fingerprint density at radius 2 is 1.79 bits per heavy atom. The van der Waals surface area contributed by atoms with Gasteiger partial charge in [0.1, 0.15) is 11.9 Å². The van der Waals surface area contributed by atoms with E-state index in [2.05, 4.69) is 5.32 Å². The highest BCUT2D eigenvalue weighted by Gasteiger charge is 2.46. The number of carbonyl (C=O) groups is 3. The van der Waals surface area contributed by atoms with E-state index in [1.54, 1.807) is 24.3 Å². The van der Waals surface area contributed by atoms with Gasteiger partial charge in [-0.3, -0.25) is 9.59 Å². The van der Waals surface area contributed by atoms with Gasteiger partial charge in [-0.1, -0.05) is 11.6 Å². The van der Waals surface area contributed by atoms with Gasteiger partial charge in [0, 0.05) is 24.4 Å². The number of methoxy groups -OCH3 is 1. The van der Waals surface area contributed by atoms with Gasteiger partial charge in [0.05, 0.1) is 18.7 Å². The van der Waals surface area contributed by atoms with Crippen LogP contribution in [-0.2, 0) is 14.3 Å². The number of hydrogen-bond donors (Lipinski definition) is 1. The third-order valence-electron chi connectivity index (χ3n) is 4.45. The molecule has 29 heavy (non-hydrogen) atoms. The summed E-state index contributed by atoms with van der Waals surface area (Å²) in [4.78, 5) is 40.5.